The van der Waals surface area contributed by atoms with Gasteiger partial charge in [0, 0.05) is 17.1 Å². The zero-order chi connectivity index (χ0) is 14.5. The summed E-state index contributed by atoms with van der Waals surface area (Å²) in [5, 5.41) is 13.7. The summed E-state index contributed by atoms with van der Waals surface area (Å²) < 4.78 is 0. The Hall–Kier alpha value is -2.15. The summed E-state index contributed by atoms with van der Waals surface area (Å²) in [4.78, 5) is 11.9. The van der Waals surface area contributed by atoms with Gasteiger partial charge in [0.25, 0.3) is 0 Å². The van der Waals surface area contributed by atoms with Gasteiger partial charge in [-0.3, -0.25) is 0 Å². The van der Waals surface area contributed by atoms with E-state index < -0.39 is 0 Å². The summed E-state index contributed by atoms with van der Waals surface area (Å²) in [5.74, 6) is 0.547. The highest BCUT2D eigenvalue weighted by atomic mass is 32.1. The number of hydrogen-bond donors (Lipinski definition) is 2. The monoisotopic (exact) mass is 291 g/mol. The first-order valence-corrected chi connectivity index (χ1v) is 7.09. The Morgan fingerprint density at radius 3 is 2.90 bits per heavy atom. The molecule has 0 bridgehead atoms. The van der Waals surface area contributed by atoms with E-state index in [9.17, 15) is 0 Å². The maximum absolute atomic E-state index is 8.72. The molecule has 0 atom stereocenters. The van der Waals surface area contributed by atoms with Crippen molar-refractivity contribution in [2.24, 2.45) is 10.9 Å². The molecule has 0 aromatic carbocycles. The molecule has 106 valence electrons. The summed E-state index contributed by atoms with van der Waals surface area (Å²) in [5.41, 5.74) is 5.98. The topological polar surface area (TPSA) is 87.6 Å². The number of nitrogens with two attached hydrogens (primary N) is 1. The lowest BCUT2D eigenvalue weighted by Crippen LogP contribution is -2.32. The Bertz CT molecular complexity index is 582. The van der Waals surface area contributed by atoms with E-state index in [1.165, 1.54) is 4.88 Å². The van der Waals surface area contributed by atoms with Crippen LogP contribution in [0.3, 0.4) is 0 Å². The van der Waals surface area contributed by atoms with E-state index in [1.54, 1.807) is 23.6 Å². The van der Waals surface area contributed by atoms with Crippen LogP contribution in [-0.2, 0) is 6.54 Å². The van der Waals surface area contributed by atoms with Gasteiger partial charge in [0.1, 0.15) is 5.69 Å². The Balaban J connectivity index is 2.30. The van der Waals surface area contributed by atoms with E-state index in [1.807, 2.05) is 11.4 Å². The van der Waals surface area contributed by atoms with Crippen LogP contribution in [0.4, 0.5) is 5.95 Å². The molecule has 0 aliphatic rings. The summed E-state index contributed by atoms with van der Waals surface area (Å²) in [6, 6.07) is 5.95. The third kappa shape index (κ3) is 3.24. The molecule has 0 saturated carbocycles. The zero-order valence-corrected chi connectivity index (χ0v) is 12.2. The molecule has 0 aliphatic carbocycles. The van der Waals surface area contributed by atoms with Crippen molar-refractivity contribution in [1.29, 1.82) is 0 Å². The minimum absolute atomic E-state index is 0.0199. The lowest BCUT2D eigenvalue weighted by Gasteiger charge is -2.26. The first-order valence-electron chi connectivity index (χ1n) is 6.21. The van der Waals surface area contributed by atoms with Crippen molar-refractivity contribution < 1.29 is 5.21 Å². The van der Waals surface area contributed by atoms with Crippen molar-refractivity contribution in [2.45, 2.75) is 26.4 Å². The second-order valence-electron chi connectivity index (χ2n) is 4.53. The highest BCUT2D eigenvalue weighted by molar-refractivity contribution is 7.09. The molecule has 0 unspecified atom stereocenters. The maximum atomic E-state index is 8.72. The molecule has 6 nitrogen and oxygen atoms in total. The predicted octanol–water partition coefficient (Wildman–Crippen LogP) is 2.05. The van der Waals surface area contributed by atoms with Gasteiger partial charge in [-0.25, -0.2) is 9.97 Å². The normalized spacial score (nSPS) is 11.8. The number of anilines is 1. The van der Waals surface area contributed by atoms with Gasteiger partial charge >= 0.3 is 0 Å². The Labute approximate surface area is 121 Å². The lowest BCUT2D eigenvalue weighted by atomic mass is 10.3. The minimum atomic E-state index is -0.0199. The molecular formula is C13H17N5OS. The first-order chi connectivity index (χ1) is 9.61. The molecule has 20 heavy (non-hydrogen) atoms. The summed E-state index contributed by atoms with van der Waals surface area (Å²) in [7, 11) is 0. The van der Waals surface area contributed by atoms with E-state index in [0.717, 1.165) is 6.54 Å². The molecule has 2 aromatic rings. The van der Waals surface area contributed by atoms with Crippen molar-refractivity contribution in [3.8, 4) is 0 Å². The van der Waals surface area contributed by atoms with Crippen LogP contribution in [0.1, 0.15) is 24.4 Å². The van der Waals surface area contributed by atoms with E-state index in [4.69, 9.17) is 10.9 Å². The average Bonchev–Trinajstić information content (AvgIpc) is 2.96. The average molecular weight is 291 g/mol. The fourth-order valence-corrected chi connectivity index (χ4v) is 2.44. The standard InChI is InChI=1S/C13H17N5OS/c1-9(2)18(8-10-4-3-7-20-10)13-15-6-5-11(16-13)12(14)17-19/h3-7,9,19H,8H2,1-2H3,(H2,14,17). The van der Waals surface area contributed by atoms with Crippen molar-refractivity contribution >= 4 is 23.1 Å². The minimum Gasteiger partial charge on any atom is -0.409 e. The van der Waals surface area contributed by atoms with E-state index in [-0.39, 0.29) is 11.9 Å². The largest absolute Gasteiger partial charge is 0.409 e. The van der Waals surface area contributed by atoms with Crippen LogP contribution in [0.5, 0.6) is 0 Å². The van der Waals surface area contributed by atoms with E-state index in [0.29, 0.717) is 11.6 Å². The Morgan fingerprint density at radius 2 is 2.30 bits per heavy atom. The number of thiophene rings is 1. The van der Waals surface area contributed by atoms with E-state index >= 15 is 0 Å². The second kappa shape index (κ2) is 6.33. The van der Waals surface area contributed by atoms with Gasteiger partial charge in [-0.15, -0.1) is 11.3 Å². The van der Waals surface area contributed by atoms with Crippen LogP contribution in [0.15, 0.2) is 34.9 Å². The molecule has 7 heteroatoms. The maximum Gasteiger partial charge on any atom is 0.226 e. The van der Waals surface area contributed by atoms with Crippen molar-refractivity contribution in [3.05, 3.63) is 40.3 Å². The van der Waals surface area contributed by atoms with Crippen molar-refractivity contribution in [3.63, 3.8) is 0 Å². The molecule has 0 spiro atoms. The quantitative estimate of drug-likeness (QED) is 0.381. The molecule has 0 aliphatic heterocycles. The fourth-order valence-electron chi connectivity index (χ4n) is 1.74. The number of hydrogen-bond acceptors (Lipinski definition) is 6. The molecule has 3 N–H and O–H groups in total. The first kappa shape index (κ1) is 14.3. The van der Waals surface area contributed by atoms with Crippen LogP contribution < -0.4 is 10.6 Å². The van der Waals surface area contributed by atoms with Gasteiger partial charge in [0.2, 0.25) is 5.95 Å². The zero-order valence-electron chi connectivity index (χ0n) is 11.4. The number of aromatic nitrogens is 2. The fraction of sp³-hybridized carbons (Fsp3) is 0.308. The second-order valence-corrected chi connectivity index (χ2v) is 5.56. The highest BCUT2D eigenvalue weighted by Gasteiger charge is 2.15. The molecule has 2 aromatic heterocycles. The summed E-state index contributed by atoms with van der Waals surface area (Å²) in [6.45, 7) is 4.88. The molecule has 0 fully saturated rings. The van der Waals surface area contributed by atoms with Gasteiger partial charge < -0.3 is 15.8 Å². The van der Waals surface area contributed by atoms with Gasteiger partial charge in [-0.05, 0) is 31.4 Å². The molecule has 0 amide bonds. The Morgan fingerprint density at radius 1 is 1.50 bits per heavy atom. The van der Waals surface area contributed by atoms with Crippen molar-refractivity contribution in [1.82, 2.24) is 9.97 Å². The third-order valence-corrected chi connectivity index (χ3v) is 3.66. The number of oxime groups is 1. The third-order valence-electron chi connectivity index (χ3n) is 2.80. The van der Waals surface area contributed by atoms with Crippen LogP contribution in [0.25, 0.3) is 0 Å². The van der Waals surface area contributed by atoms with Crippen LogP contribution in [-0.4, -0.2) is 27.1 Å². The van der Waals surface area contributed by atoms with Gasteiger partial charge in [-0.2, -0.15) is 0 Å². The molecular weight excluding hydrogens is 274 g/mol. The van der Waals surface area contributed by atoms with Crippen LogP contribution in [0.2, 0.25) is 0 Å². The predicted molar refractivity (Wildman–Crippen MR) is 80.2 cm³/mol. The number of amidine groups is 1. The van der Waals surface area contributed by atoms with E-state index in [2.05, 4.69) is 39.9 Å². The smallest absolute Gasteiger partial charge is 0.226 e. The molecule has 0 radical (unpaired) electrons. The van der Waals surface area contributed by atoms with Crippen LogP contribution >= 0.6 is 11.3 Å². The van der Waals surface area contributed by atoms with Crippen LogP contribution in [0, 0.1) is 0 Å². The lowest BCUT2D eigenvalue weighted by molar-refractivity contribution is 0.318. The summed E-state index contributed by atoms with van der Waals surface area (Å²) in [6.07, 6.45) is 1.61. The number of rotatable bonds is 5. The SMILES string of the molecule is CC(C)N(Cc1cccs1)c1nccc(/C(N)=N/O)n1. The van der Waals surface area contributed by atoms with Gasteiger partial charge in [0.15, 0.2) is 5.84 Å². The summed E-state index contributed by atoms with van der Waals surface area (Å²) >= 11 is 1.69. The van der Waals surface area contributed by atoms with Gasteiger partial charge in [0.05, 0.1) is 6.54 Å². The molecule has 0 saturated heterocycles. The number of nitrogens with zero attached hydrogens (tertiary/aromatic N) is 4. The van der Waals surface area contributed by atoms with Gasteiger partial charge in [-0.1, -0.05) is 11.2 Å². The Kier molecular flexibility index (Phi) is 4.52. The highest BCUT2D eigenvalue weighted by Crippen LogP contribution is 2.18. The molecule has 2 heterocycles. The molecule has 2 rings (SSSR count). The van der Waals surface area contributed by atoms with Crippen molar-refractivity contribution in [2.75, 3.05) is 4.90 Å².